The number of hydrogen-bond donors (Lipinski definition) is 0. The van der Waals surface area contributed by atoms with Crippen molar-refractivity contribution in [2.24, 2.45) is 5.92 Å². The SMILES string of the molecule is O=C(CC1CCCCC1)N(Cc1cccs1)C1CCOCC1. The Morgan fingerprint density at radius 1 is 1.18 bits per heavy atom. The molecule has 0 spiro atoms. The number of thiophene rings is 1. The van der Waals surface area contributed by atoms with Crippen molar-refractivity contribution in [2.45, 2.75) is 64.0 Å². The summed E-state index contributed by atoms with van der Waals surface area (Å²) < 4.78 is 5.48. The molecule has 1 amide bonds. The Balaban J connectivity index is 1.64. The second-order valence-electron chi connectivity index (χ2n) is 6.65. The summed E-state index contributed by atoms with van der Waals surface area (Å²) in [5.74, 6) is 0.985. The summed E-state index contributed by atoms with van der Waals surface area (Å²) in [7, 11) is 0. The molecule has 0 N–H and O–H groups in total. The predicted octanol–water partition coefficient (Wildman–Crippen LogP) is 4.23. The number of carbonyl (C=O) groups excluding carboxylic acids is 1. The van der Waals surface area contributed by atoms with Gasteiger partial charge < -0.3 is 9.64 Å². The third-order valence-corrected chi connectivity index (χ3v) is 5.91. The van der Waals surface area contributed by atoms with E-state index in [-0.39, 0.29) is 0 Å². The van der Waals surface area contributed by atoms with Gasteiger partial charge in [0.2, 0.25) is 5.91 Å². The molecule has 1 aromatic heterocycles. The molecule has 0 radical (unpaired) electrons. The van der Waals surface area contributed by atoms with Gasteiger partial charge in [0.25, 0.3) is 0 Å². The minimum absolute atomic E-state index is 0.368. The van der Waals surface area contributed by atoms with Crippen LogP contribution in [0.4, 0.5) is 0 Å². The van der Waals surface area contributed by atoms with Crippen LogP contribution in [0.25, 0.3) is 0 Å². The summed E-state index contributed by atoms with van der Waals surface area (Å²) in [6.45, 7) is 2.37. The first-order chi connectivity index (χ1) is 10.8. The van der Waals surface area contributed by atoms with Crippen molar-refractivity contribution < 1.29 is 9.53 Å². The molecule has 3 nitrogen and oxygen atoms in total. The second-order valence-corrected chi connectivity index (χ2v) is 7.68. The van der Waals surface area contributed by atoms with Gasteiger partial charge in [0.1, 0.15) is 0 Å². The minimum Gasteiger partial charge on any atom is -0.381 e. The maximum absolute atomic E-state index is 12.9. The van der Waals surface area contributed by atoms with Gasteiger partial charge in [0.15, 0.2) is 0 Å². The summed E-state index contributed by atoms with van der Waals surface area (Å²) >= 11 is 1.75. The zero-order valence-corrected chi connectivity index (χ0v) is 14.2. The van der Waals surface area contributed by atoms with E-state index in [0.29, 0.717) is 17.9 Å². The standard InChI is InChI=1S/C18H27NO2S/c20-18(13-15-5-2-1-3-6-15)19(14-17-7-4-12-22-17)16-8-10-21-11-9-16/h4,7,12,15-16H,1-3,5-6,8-11,13-14H2. The molecule has 0 unspecified atom stereocenters. The van der Waals surface area contributed by atoms with E-state index >= 15 is 0 Å². The lowest BCUT2D eigenvalue weighted by Crippen LogP contribution is -2.43. The average molecular weight is 321 g/mol. The molecule has 1 aliphatic carbocycles. The zero-order valence-electron chi connectivity index (χ0n) is 13.3. The Bertz CT molecular complexity index is 448. The van der Waals surface area contributed by atoms with Gasteiger partial charge in [-0.1, -0.05) is 25.3 Å². The van der Waals surface area contributed by atoms with Crippen LogP contribution in [0.5, 0.6) is 0 Å². The Morgan fingerprint density at radius 2 is 1.95 bits per heavy atom. The fourth-order valence-electron chi connectivity index (χ4n) is 3.74. The van der Waals surface area contributed by atoms with Gasteiger partial charge in [-0.25, -0.2) is 0 Å². The zero-order chi connectivity index (χ0) is 15.2. The van der Waals surface area contributed by atoms with Crippen molar-refractivity contribution in [1.29, 1.82) is 0 Å². The molecule has 122 valence electrons. The number of nitrogens with zero attached hydrogens (tertiary/aromatic N) is 1. The molecule has 1 saturated carbocycles. The molecule has 0 aromatic carbocycles. The fraction of sp³-hybridized carbons (Fsp3) is 0.722. The first kappa shape index (κ1) is 16.0. The second kappa shape index (κ2) is 8.11. The highest BCUT2D eigenvalue weighted by molar-refractivity contribution is 7.09. The topological polar surface area (TPSA) is 29.5 Å². The van der Waals surface area contributed by atoms with Gasteiger partial charge in [-0.2, -0.15) is 0 Å². The quantitative estimate of drug-likeness (QED) is 0.812. The van der Waals surface area contributed by atoms with Crippen molar-refractivity contribution >= 4 is 17.2 Å². The Hall–Kier alpha value is -0.870. The summed E-state index contributed by atoms with van der Waals surface area (Å²) in [5.41, 5.74) is 0. The van der Waals surface area contributed by atoms with Crippen LogP contribution in [-0.2, 0) is 16.1 Å². The van der Waals surface area contributed by atoms with Gasteiger partial charge in [0.05, 0.1) is 6.54 Å². The molecule has 2 heterocycles. The Labute approximate surface area is 137 Å². The number of amides is 1. The molecule has 4 heteroatoms. The van der Waals surface area contributed by atoms with E-state index in [0.717, 1.165) is 39.0 Å². The van der Waals surface area contributed by atoms with Crippen molar-refractivity contribution in [1.82, 2.24) is 4.90 Å². The van der Waals surface area contributed by atoms with E-state index in [9.17, 15) is 4.79 Å². The molecule has 1 saturated heterocycles. The molecule has 3 rings (SSSR count). The number of ether oxygens (including phenoxy) is 1. The van der Waals surface area contributed by atoms with Crippen molar-refractivity contribution in [3.05, 3.63) is 22.4 Å². The highest BCUT2D eigenvalue weighted by Crippen LogP contribution is 2.28. The monoisotopic (exact) mass is 321 g/mol. The number of rotatable bonds is 5. The summed E-state index contributed by atoms with van der Waals surface area (Å²) in [5, 5.41) is 2.10. The van der Waals surface area contributed by atoms with Crippen LogP contribution >= 0.6 is 11.3 Å². The lowest BCUT2D eigenvalue weighted by atomic mass is 9.86. The van der Waals surface area contributed by atoms with Crippen LogP contribution < -0.4 is 0 Å². The molecule has 0 atom stereocenters. The normalized spacial score (nSPS) is 20.9. The predicted molar refractivity (Wildman–Crippen MR) is 89.9 cm³/mol. The van der Waals surface area contributed by atoms with Crippen LogP contribution in [0, 0.1) is 5.92 Å². The Morgan fingerprint density at radius 3 is 2.64 bits per heavy atom. The maximum atomic E-state index is 12.9. The third-order valence-electron chi connectivity index (χ3n) is 5.05. The maximum Gasteiger partial charge on any atom is 0.223 e. The van der Waals surface area contributed by atoms with Gasteiger partial charge in [-0.15, -0.1) is 11.3 Å². The highest BCUT2D eigenvalue weighted by Gasteiger charge is 2.28. The molecule has 1 aliphatic heterocycles. The summed E-state index contributed by atoms with van der Waals surface area (Å²) in [6, 6.07) is 4.59. The van der Waals surface area contributed by atoms with Crippen LogP contribution in [0.1, 0.15) is 56.2 Å². The third kappa shape index (κ3) is 4.32. The number of hydrogen-bond acceptors (Lipinski definition) is 3. The smallest absolute Gasteiger partial charge is 0.223 e. The van der Waals surface area contributed by atoms with Crippen LogP contribution in [0.3, 0.4) is 0 Å². The van der Waals surface area contributed by atoms with Crippen LogP contribution in [-0.4, -0.2) is 30.1 Å². The van der Waals surface area contributed by atoms with Gasteiger partial charge in [0, 0.05) is 30.6 Å². The molecule has 0 bridgehead atoms. The molecule has 1 aromatic rings. The molecular weight excluding hydrogens is 294 g/mol. The van der Waals surface area contributed by atoms with E-state index in [1.165, 1.54) is 37.0 Å². The molecule has 2 fully saturated rings. The van der Waals surface area contributed by atoms with Crippen LogP contribution in [0.2, 0.25) is 0 Å². The Kier molecular flexibility index (Phi) is 5.90. The van der Waals surface area contributed by atoms with Crippen molar-refractivity contribution in [2.75, 3.05) is 13.2 Å². The van der Waals surface area contributed by atoms with Crippen molar-refractivity contribution in [3.8, 4) is 0 Å². The van der Waals surface area contributed by atoms with Gasteiger partial charge >= 0.3 is 0 Å². The van der Waals surface area contributed by atoms with E-state index < -0.39 is 0 Å². The minimum atomic E-state index is 0.368. The largest absolute Gasteiger partial charge is 0.381 e. The van der Waals surface area contributed by atoms with E-state index in [1.54, 1.807) is 11.3 Å². The lowest BCUT2D eigenvalue weighted by molar-refractivity contribution is -0.137. The van der Waals surface area contributed by atoms with E-state index in [4.69, 9.17) is 4.74 Å². The van der Waals surface area contributed by atoms with E-state index in [2.05, 4.69) is 22.4 Å². The lowest BCUT2D eigenvalue weighted by Gasteiger charge is -2.35. The van der Waals surface area contributed by atoms with Crippen LogP contribution in [0.15, 0.2) is 17.5 Å². The summed E-state index contributed by atoms with van der Waals surface area (Å²) in [4.78, 5) is 16.4. The van der Waals surface area contributed by atoms with Gasteiger partial charge in [-0.05, 0) is 43.0 Å². The number of carbonyl (C=O) groups is 1. The van der Waals surface area contributed by atoms with E-state index in [1.807, 2.05) is 0 Å². The molecule has 22 heavy (non-hydrogen) atoms. The molecular formula is C18H27NO2S. The van der Waals surface area contributed by atoms with Crippen molar-refractivity contribution in [3.63, 3.8) is 0 Å². The average Bonchev–Trinajstić information content (AvgIpc) is 3.07. The van der Waals surface area contributed by atoms with Gasteiger partial charge in [-0.3, -0.25) is 4.79 Å². The summed E-state index contributed by atoms with van der Waals surface area (Å²) in [6.07, 6.45) is 9.18. The fourth-order valence-corrected chi connectivity index (χ4v) is 4.45. The first-order valence-corrected chi connectivity index (χ1v) is 9.60. The molecule has 2 aliphatic rings. The highest BCUT2D eigenvalue weighted by atomic mass is 32.1. The first-order valence-electron chi connectivity index (χ1n) is 8.72.